The fourth-order valence-corrected chi connectivity index (χ4v) is 2.45. The van der Waals surface area contributed by atoms with E-state index in [4.69, 9.17) is 0 Å². The third-order valence-electron chi connectivity index (χ3n) is 3.92. The van der Waals surface area contributed by atoms with Gasteiger partial charge in [0.15, 0.2) is 17.5 Å². The third kappa shape index (κ3) is 3.89. The highest BCUT2D eigenvalue weighted by Crippen LogP contribution is 2.23. The second-order valence-corrected chi connectivity index (χ2v) is 5.86. The minimum atomic E-state index is -1.66. The molecule has 1 heterocycles. The molecule has 3 rings (SSSR count). The Hall–Kier alpha value is -3.42. The summed E-state index contributed by atoms with van der Waals surface area (Å²) in [5.41, 5.74) is 2.44. The molecule has 2 N–H and O–H groups in total. The van der Waals surface area contributed by atoms with Crippen molar-refractivity contribution in [3.8, 4) is 0 Å². The molecule has 0 bridgehead atoms. The van der Waals surface area contributed by atoms with Crippen molar-refractivity contribution >= 4 is 23.2 Å². The van der Waals surface area contributed by atoms with Gasteiger partial charge in [-0.1, -0.05) is 18.2 Å². The average molecular weight is 372 g/mol. The van der Waals surface area contributed by atoms with Gasteiger partial charge in [-0.25, -0.2) is 23.1 Å². The van der Waals surface area contributed by atoms with E-state index in [-0.39, 0.29) is 11.5 Å². The minimum Gasteiger partial charge on any atom is -0.324 e. The average Bonchev–Trinajstić information content (AvgIpc) is 2.66. The summed E-state index contributed by atoms with van der Waals surface area (Å²) in [7, 11) is 0. The van der Waals surface area contributed by atoms with E-state index in [1.165, 1.54) is 12.4 Å². The van der Waals surface area contributed by atoms with Gasteiger partial charge in [0.1, 0.15) is 0 Å². The Bertz CT molecular complexity index is 986. The van der Waals surface area contributed by atoms with E-state index in [0.717, 1.165) is 28.9 Å². The summed E-state index contributed by atoms with van der Waals surface area (Å²) in [6, 6.07) is 7.47. The molecule has 0 aliphatic carbocycles. The Morgan fingerprint density at radius 1 is 0.926 bits per heavy atom. The number of halogens is 3. The van der Waals surface area contributed by atoms with Crippen LogP contribution in [0.5, 0.6) is 0 Å². The van der Waals surface area contributed by atoms with Crippen molar-refractivity contribution in [2.75, 3.05) is 10.6 Å². The fourth-order valence-electron chi connectivity index (χ4n) is 2.45. The molecule has 0 aliphatic heterocycles. The summed E-state index contributed by atoms with van der Waals surface area (Å²) in [5, 5.41) is 5.23. The Kier molecular flexibility index (Phi) is 5.07. The first-order chi connectivity index (χ1) is 12.9. The number of amides is 1. The first kappa shape index (κ1) is 18.4. The van der Waals surface area contributed by atoms with Gasteiger partial charge < -0.3 is 10.6 Å². The van der Waals surface area contributed by atoms with Crippen LogP contribution in [0.4, 0.5) is 30.5 Å². The molecule has 0 aliphatic rings. The standard InChI is InChI=1S/C19H15F3N4O/c1-10-4-3-5-11(2)17(10)26-19-23-8-12(9-24-19)18(27)25-14-7-6-13(20)15(21)16(14)22/h3-9H,1-2H3,(H,25,27)(H,23,24,26). The van der Waals surface area contributed by atoms with Crippen LogP contribution in [0.15, 0.2) is 42.7 Å². The van der Waals surface area contributed by atoms with E-state index in [0.29, 0.717) is 0 Å². The molecular weight excluding hydrogens is 357 g/mol. The summed E-state index contributed by atoms with van der Waals surface area (Å²) >= 11 is 0. The van der Waals surface area contributed by atoms with Crippen molar-refractivity contribution in [1.82, 2.24) is 9.97 Å². The summed E-state index contributed by atoms with van der Waals surface area (Å²) in [4.78, 5) is 20.3. The van der Waals surface area contributed by atoms with E-state index in [1.54, 1.807) is 0 Å². The summed E-state index contributed by atoms with van der Waals surface area (Å²) in [5.74, 6) is -4.94. The van der Waals surface area contributed by atoms with Crippen LogP contribution in [0.2, 0.25) is 0 Å². The number of benzene rings is 2. The van der Waals surface area contributed by atoms with Gasteiger partial charge in [0, 0.05) is 18.1 Å². The molecule has 0 unspecified atom stereocenters. The quantitative estimate of drug-likeness (QED) is 0.662. The Morgan fingerprint density at radius 3 is 2.19 bits per heavy atom. The SMILES string of the molecule is Cc1cccc(C)c1Nc1ncc(C(=O)Nc2ccc(F)c(F)c2F)cn1. The highest BCUT2D eigenvalue weighted by atomic mass is 19.2. The predicted octanol–water partition coefficient (Wildman–Crippen LogP) is 4.51. The van der Waals surface area contributed by atoms with E-state index >= 15 is 0 Å². The smallest absolute Gasteiger partial charge is 0.258 e. The zero-order chi connectivity index (χ0) is 19.6. The van der Waals surface area contributed by atoms with Crippen LogP contribution in [-0.4, -0.2) is 15.9 Å². The maximum Gasteiger partial charge on any atom is 0.258 e. The molecule has 1 amide bonds. The van der Waals surface area contributed by atoms with Crippen LogP contribution < -0.4 is 10.6 Å². The molecule has 2 aromatic carbocycles. The van der Waals surface area contributed by atoms with E-state index in [9.17, 15) is 18.0 Å². The summed E-state index contributed by atoms with van der Waals surface area (Å²) < 4.78 is 39.8. The molecule has 0 saturated carbocycles. The topological polar surface area (TPSA) is 66.9 Å². The van der Waals surface area contributed by atoms with Crippen LogP contribution in [0.25, 0.3) is 0 Å². The number of aromatic nitrogens is 2. The van der Waals surface area contributed by atoms with Gasteiger partial charge >= 0.3 is 0 Å². The van der Waals surface area contributed by atoms with Crippen LogP contribution >= 0.6 is 0 Å². The minimum absolute atomic E-state index is 0.0335. The highest BCUT2D eigenvalue weighted by molar-refractivity contribution is 6.04. The zero-order valence-electron chi connectivity index (χ0n) is 14.5. The summed E-state index contributed by atoms with van der Waals surface area (Å²) in [6.07, 6.45) is 2.49. The Balaban J connectivity index is 1.75. The van der Waals surface area contributed by atoms with Crippen LogP contribution in [0.1, 0.15) is 21.5 Å². The largest absolute Gasteiger partial charge is 0.324 e. The lowest BCUT2D eigenvalue weighted by Crippen LogP contribution is -2.15. The van der Waals surface area contributed by atoms with Gasteiger partial charge in [-0.2, -0.15) is 0 Å². The van der Waals surface area contributed by atoms with Crippen molar-refractivity contribution in [2.45, 2.75) is 13.8 Å². The van der Waals surface area contributed by atoms with Gasteiger partial charge in [-0.3, -0.25) is 4.79 Å². The van der Waals surface area contributed by atoms with Gasteiger partial charge in [0.25, 0.3) is 5.91 Å². The number of rotatable bonds is 4. The maximum atomic E-state index is 13.6. The van der Waals surface area contributed by atoms with Gasteiger partial charge in [0.05, 0.1) is 11.3 Å². The molecule has 5 nitrogen and oxygen atoms in total. The molecule has 0 saturated heterocycles. The second-order valence-electron chi connectivity index (χ2n) is 5.86. The number of nitrogens with zero attached hydrogens (tertiary/aromatic N) is 2. The molecular formula is C19H15F3N4O. The molecule has 0 atom stereocenters. The number of hydrogen-bond donors (Lipinski definition) is 2. The van der Waals surface area contributed by atoms with Crippen LogP contribution in [0, 0.1) is 31.3 Å². The first-order valence-electron chi connectivity index (χ1n) is 7.97. The number of carbonyl (C=O) groups excluding carboxylic acids is 1. The number of carbonyl (C=O) groups is 1. The van der Waals surface area contributed by atoms with Crippen LogP contribution in [-0.2, 0) is 0 Å². The molecule has 138 valence electrons. The predicted molar refractivity (Wildman–Crippen MR) is 95.5 cm³/mol. The monoisotopic (exact) mass is 372 g/mol. The van der Waals surface area contributed by atoms with Crippen molar-refractivity contribution in [2.24, 2.45) is 0 Å². The number of para-hydroxylation sites is 1. The highest BCUT2D eigenvalue weighted by Gasteiger charge is 2.16. The van der Waals surface area contributed by atoms with Crippen molar-refractivity contribution < 1.29 is 18.0 Å². The van der Waals surface area contributed by atoms with E-state index < -0.39 is 29.0 Å². The van der Waals surface area contributed by atoms with Crippen LogP contribution in [0.3, 0.4) is 0 Å². The van der Waals surface area contributed by atoms with Crippen molar-refractivity contribution in [3.63, 3.8) is 0 Å². The van der Waals surface area contributed by atoms with Gasteiger partial charge in [-0.15, -0.1) is 0 Å². The zero-order valence-corrected chi connectivity index (χ0v) is 14.5. The number of anilines is 3. The second kappa shape index (κ2) is 7.45. The lowest BCUT2D eigenvalue weighted by molar-refractivity contribution is 0.102. The Morgan fingerprint density at radius 2 is 1.56 bits per heavy atom. The first-order valence-corrected chi connectivity index (χ1v) is 7.97. The number of hydrogen-bond acceptors (Lipinski definition) is 4. The number of nitrogens with one attached hydrogen (secondary N) is 2. The fraction of sp³-hybridized carbons (Fsp3) is 0.105. The molecule has 8 heteroatoms. The summed E-state index contributed by atoms with van der Waals surface area (Å²) in [6.45, 7) is 3.88. The molecule has 27 heavy (non-hydrogen) atoms. The molecule has 0 spiro atoms. The molecule has 1 aromatic heterocycles. The lowest BCUT2D eigenvalue weighted by atomic mass is 10.1. The van der Waals surface area contributed by atoms with Gasteiger partial charge in [-0.05, 0) is 37.1 Å². The van der Waals surface area contributed by atoms with Crippen molar-refractivity contribution in [3.05, 3.63) is 76.9 Å². The van der Waals surface area contributed by atoms with E-state index in [1.807, 2.05) is 32.0 Å². The third-order valence-corrected chi connectivity index (χ3v) is 3.92. The van der Waals surface area contributed by atoms with Gasteiger partial charge in [0.2, 0.25) is 5.95 Å². The van der Waals surface area contributed by atoms with Crippen molar-refractivity contribution in [1.29, 1.82) is 0 Å². The maximum absolute atomic E-state index is 13.6. The Labute approximate surface area is 153 Å². The number of aryl methyl sites for hydroxylation is 2. The molecule has 3 aromatic rings. The molecule has 0 radical (unpaired) electrons. The lowest BCUT2D eigenvalue weighted by Gasteiger charge is -2.11. The molecule has 0 fully saturated rings. The normalized spacial score (nSPS) is 10.6. The van der Waals surface area contributed by atoms with E-state index in [2.05, 4.69) is 20.6 Å².